The maximum Gasteiger partial charge on any atom is 0.274 e. The number of halogens is 2. The Bertz CT molecular complexity index is 758. The summed E-state index contributed by atoms with van der Waals surface area (Å²) in [5, 5.41) is 5.40. The van der Waals surface area contributed by atoms with Crippen LogP contribution in [0.4, 0.5) is 0 Å². The van der Waals surface area contributed by atoms with Crippen LogP contribution >= 0.6 is 24.0 Å². The Morgan fingerprint density at radius 2 is 1.92 bits per heavy atom. The molecule has 1 aromatic heterocycles. The normalized spacial score (nSPS) is 14.8. The number of hydrogen-bond acceptors (Lipinski definition) is 3. The number of likely N-dealkylation sites (N-methyl/N-ethyl adjacent to an activating group) is 1. The van der Waals surface area contributed by atoms with Crippen LogP contribution in [0.1, 0.15) is 47.9 Å². The first-order chi connectivity index (χ1) is 12.0. The summed E-state index contributed by atoms with van der Waals surface area (Å²) in [6.07, 6.45) is 5.23. The summed E-state index contributed by atoms with van der Waals surface area (Å²) >= 11 is 6.01. The van der Waals surface area contributed by atoms with E-state index in [1.165, 1.54) is 6.42 Å². The molecule has 1 aromatic carbocycles. The molecule has 0 fully saturated rings. The number of aromatic nitrogens is 2. The second-order valence-corrected chi connectivity index (χ2v) is 7.16. The van der Waals surface area contributed by atoms with Gasteiger partial charge < -0.3 is 10.6 Å². The number of nitrogens with zero attached hydrogens (tertiary/aromatic N) is 3. The van der Waals surface area contributed by atoms with Crippen LogP contribution in [0.5, 0.6) is 0 Å². The molecule has 2 aromatic rings. The Kier molecular flexibility index (Phi) is 7.09. The van der Waals surface area contributed by atoms with Crippen molar-refractivity contribution in [3.05, 3.63) is 46.2 Å². The van der Waals surface area contributed by atoms with E-state index in [1.807, 2.05) is 35.9 Å². The fourth-order valence-corrected chi connectivity index (χ4v) is 3.39. The molecule has 0 saturated heterocycles. The molecule has 1 aliphatic carbocycles. The maximum atomic E-state index is 13.0. The lowest BCUT2D eigenvalue weighted by molar-refractivity contribution is 0.0741. The lowest BCUT2D eigenvalue weighted by Crippen LogP contribution is -2.40. The summed E-state index contributed by atoms with van der Waals surface area (Å²) in [5.74, 6) is -0.0520. The number of benzene rings is 1. The van der Waals surface area contributed by atoms with Crippen molar-refractivity contribution >= 4 is 29.9 Å². The molecular weight excluding hydrogens is 371 g/mol. The number of carbonyl (C=O) groups is 1. The van der Waals surface area contributed by atoms with E-state index in [0.717, 1.165) is 42.6 Å². The standard InChI is InChI=1S/C19H25ClN4O.ClH/c1-13(12-21)23(2)19(25)18-16-6-4-3-5-7-17(16)24(22-18)15-10-8-14(20)9-11-15;/h8-11,13H,3-7,12,21H2,1-2H3;1H. The molecule has 0 aliphatic heterocycles. The van der Waals surface area contributed by atoms with Crippen molar-refractivity contribution < 1.29 is 4.79 Å². The van der Waals surface area contributed by atoms with E-state index in [-0.39, 0.29) is 24.4 Å². The van der Waals surface area contributed by atoms with Crippen molar-refractivity contribution in [2.45, 2.75) is 45.1 Å². The lowest BCUT2D eigenvalue weighted by atomic mass is 10.1. The maximum absolute atomic E-state index is 13.0. The van der Waals surface area contributed by atoms with E-state index in [1.54, 1.807) is 11.9 Å². The number of amides is 1. The van der Waals surface area contributed by atoms with Crippen molar-refractivity contribution in [1.82, 2.24) is 14.7 Å². The van der Waals surface area contributed by atoms with Crippen LogP contribution in [0.15, 0.2) is 24.3 Å². The van der Waals surface area contributed by atoms with Crippen LogP contribution in [0.3, 0.4) is 0 Å². The molecule has 5 nitrogen and oxygen atoms in total. The summed E-state index contributed by atoms with van der Waals surface area (Å²) in [6, 6.07) is 7.58. The SMILES string of the molecule is CC(CN)N(C)C(=O)c1nn(-c2ccc(Cl)cc2)c2c1CCCCC2.Cl. The number of carbonyl (C=O) groups excluding carboxylic acids is 1. The predicted octanol–water partition coefficient (Wildman–Crippen LogP) is 3.64. The Hall–Kier alpha value is -1.56. The summed E-state index contributed by atoms with van der Waals surface area (Å²) in [7, 11) is 1.80. The Morgan fingerprint density at radius 3 is 2.58 bits per heavy atom. The van der Waals surface area contributed by atoms with Gasteiger partial charge >= 0.3 is 0 Å². The predicted molar refractivity (Wildman–Crippen MR) is 108 cm³/mol. The molecule has 1 amide bonds. The number of fused-ring (bicyclic) bond motifs is 1. The van der Waals surface area contributed by atoms with E-state index in [0.29, 0.717) is 17.3 Å². The van der Waals surface area contributed by atoms with Crippen molar-refractivity contribution in [3.63, 3.8) is 0 Å². The minimum absolute atomic E-state index is 0. The molecule has 0 radical (unpaired) electrons. The first-order valence-corrected chi connectivity index (χ1v) is 9.24. The van der Waals surface area contributed by atoms with E-state index in [9.17, 15) is 4.79 Å². The molecule has 26 heavy (non-hydrogen) atoms. The molecule has 1 heterocycles. The quantitative estimate of drug-likeness (QED) is 0.802. The average molecular weight is 397 g/mol. The number of hydrogen-bond donors (Lipinski definition) is 1. The van der Waals surface area contributed by atoms with Gasteiger partial charge in [0.2, 0.25) is 0 Å². The summed E-state index contributed by atoms with van der Waals surface area (Å²) in [5.41, 5.74) is 9.48. The lowest BCUT2D eigenvalue weighted by Gasteiger charge is -2.23. The number of nitrogens with two attached hydrogens (primary N) is 1. The zero-order valence-corrected chi connectivity index (χ0v) is 16.8. The molecule has 0 saturated carbocycles. The van der Waals surface area contributed by atoms with E-state index >= 15 is 0 Å². The van der Waals surface area contributed by atoms with Gasteiger partial charge in [-0.05, 0) is 56.9 Å². The Labute approximate surface area is 165 Å². The minimum Gasteiger partial charge on any atom is -0.336 e. The number of rotatable bonds is 4. The van der Waals surface area contributed by atoms with Gasteiger partial charge in [-0.1, -0.05) is 18.0 Å². The fraction of sp³-hybridized carbons (Fsp3) is 0.474. The molecule has 1 unspecified atom stereocenters. The molecule has 142 valence electrons. The van der Waals surface area contributed by atoms with Crippen LogP contribution < -0.4 is 5.73 Å². The van der Waals surface area contributed by atoms with Crippen molar-refractivity contribution in [1.29, 1.82) is 0 Å². The van der Waals surface area contributed by atoms with E-state index in [4.69, 9.17) is 22.4 Å². The van der Waals surface area contributed by atoms with Crippen molar-refractivity contribution in [2.75, 3.05) is 13.6 Å². The van der Waals surface area contributed by atoms with Gasteiger partial charge in [0.05, 0.1) is 5.69 Å². The van der Waals surface area contributed by atoms with E-state index in [2.05, 4.69) is 0 Å². The van der Waals surface area contributed by atoms with Gasteiger partial charge in [0.15, 0.2) is 5.69 Å². The highest BCUT2D eigenvalue weighted by atomic mass is 35.5. The molecule has 2 N–H and O–H groups in total. The third-order valence-corrected chi connectivity index (χ3v) is 5.28. The average Bonchev–Trinajstić information content (AvgIpc) is 2.81. The van der Waals surface area contributed by atoms with Crippen LogP contribution in [0.2, 0.25) is 5.02 Å². The molecule has 0 bridgehead atoms. The monoisotopic (exact) mass is 396 g/mol. The van der Waals surface area contributed by atoms with Gasteiger partial charge in [0.25, 0.3) is 5.91 Å². The van der Waals surface area contributed by atoms with Crippen LogP contribution in [-0.4, -0.2) is 40.2 Å². The highest BCUT2D eigenvalue weighted by Gasteiger charge is 2.27. The largest absolute Gasteiger partial charge is 0.336 e. The van der Waals surface area contributed by atoms with Crippen LogP contribution in [0, 0.1) is 0 Å². The van der Waals surface area contributed by atoms with Crippen molar-refractivity contribution in [2.24, 2.45) is 5.73 Å². The molecule has 3 rings (SSSR count). The van der Waals surface area contributed by atoms with Crippen molar-refractivity contribution in [3.8, 4) is 5.69 Å². The molecule has 1 aliphatic rings. The van der Waals surface area contributed by atoms with E-state index < -0.39 is 0 Å². The summed E-state index contributed by atoms with van der Waals surface area (Å²) in [4.78, 5) is 14.7. The Morgan fingerprint density at radius 1 is 1.27 bits per heavy atom. The highest BCUT2D eigenvalue weighted by molar-refractivity contribution is 6.30. The second-order valence-electron chi connectivity index (χ2n) is 6.72. The van der Waals surface area contributed by atoms with Gasteiger partial charge in [-0.25, -0.2) is 4.68 Å². The summed E-state index contributed by atoms with van der Waals surface area (Å²) < 4.78 is 1.92. The van der Waals surface area contributed by atoms with Crippen LogP contribution in [0.25, 0.3) is 5.69 Å². The third kappa shape index (κ3) is 4.05. The third-order valence-electron chi connectivity index (χ3n) is 5.03. The minimum atomic E-state index is -0.0520. The molecule has 1 atom stereocenters. The zero-order chi connectivity index (χ0) is 18.0. The molecule has 7 heteroatoms. The first kappa shape index (κ1) is 20.7. The zero-order valence-electron chi connectivity index (χ0n) is 15.2. The van der Waals surface area contributed by atoms with Gasteiger partial charge in [0, 0.05) is 35.9 Å². The molecule has 0 spiro atoms. The second kappa shape index (κ2) is 8.89. The fourth-order valence-electron chi connectivity index (χ4n) is 3.27. The smallest absolute Gasteiger partial charge is 0.274 e. The highest BCUT2D eigenvalue weighted by Crippen LogP contribution is 2.27. The van der Waals surface area contributed by atoms with Crippen LogP contribution in [-0.2, 0) is 12.8 Å². The first-order valence-electron chi connectivity index (χ1n) is 8.87. The molecular formula is C19H26Cl2N4O. The van der Waals surface area contributed by atoms with Gasteiger partial charge in [-0.15, -0.1) is 12.4 Å². The topological polar surface area (TPSA) is 64.2 Å². The Balaban J connectivity index is 0.00000243. The van der Waals surface area contributed by atoms with Gasteiger partial charge in [0.1, 0.15) is 0 Å². The van der Waals surface area contributed by atoms with Gasteiger partial charge in [-0.2, -0.15) is 5.10 Å². The summed E-state index contributed by atoms with van der Waals surface area (Å²) in [6.45, 7) is 2.38. The van der Waals surface area contributed by atoms with Gasteiger partial charge in [-0.3, -0.25) is 4.79 Å².